The van der Waals surface area contributed by atoms with E-state index in [0.717, 1.165) is 40.2 Å². The van der Waals surface area contributed by atoms with Crippen LogP contribution in [0.4, 0.5) is 16.2 Å². The van der Waals surface area contributed by atoms with Gasteiger partial charge in [-0.1, -0.05) is 54.6 Å². The molecule has 2 N–H and O–H groups in total. The number of hydrogen-bond donors (Lipinski definition) is 2. The first-order chi connectivity index (χ1) is 22.2. The van der Waals surface area contributed by atoms with Gasteiger partial charge in [0.15, 0.2) is 0 Å². The van der Waals surface area contributed by atoms with Gasteiger partial charge < -0.3 is 10.2 Å². The van der Waals surface area contributed by atoms with Crippen LogP contribution in [0.3, 0.4) is 0 Å². The lowest BCUT2D eigenvalue weighted by molar-refractivity contribution is -0.781. The van der Waals surface area contributed by atoms with Crippen molar-refractivity contribution in [1.29, 1.82) is 0 Å². The highest BCUT2D eigenvalue weighted by Crippen LogP contribution is 2.32. The highest BCUT2D eigenvalue weighted by Gasteiger charge is 2.50. The Morgan fingerprint density at radius 2 is 1.59 bits per heavy atom. The van der Waals surface area contributed by atoms with Gasteiger partial charge in [0.1, 0.15) is 17.1 Å². The number of quaternary nitrogens is 1. The fraction of sp³-hybridized carbons (Fsp3) is 0.250. The summed E-state index contributed by atoms with van der Waals surface area (Å²) in [4.78, 5) is 58.0. The highest BCUT2D eigenvalue weighted by molar-refractivity contribution is 7.13. The molecule has 1 fully saturated rings. The van der Waals surface area contributed by atoms with Crippen molar-refractivity contribution in [1.82, 2.24) is 9.88 Å². The van der Waals surface area contributed by atoms with Gasteiger partial charge in [0.25, 0.3) is 5.91 Å². The molecule has 5 amide bonds. The van der Waals surface area contributed by atoms with Crippen molar-refractivity contribution in [2.75, 3.05) is 23.7 Å². The molecule has 1 saturated heterocycles. The SMILES string of the molecule is CC(=O)[N+]1(C(=O)Nc2ccc(-c3nc(-c4ccc(NC(=O)[C@@H]5C=CCN5C(=O)Cc5ccccc5)cc4)cs3)cc2)CCC[C@H]1C. The molecule has 46 heavy (non-hydrogen) atoms. The Labute approximate surface area is 272 Å². The molecule has 1 aromatic heterocycles. The fourth-order valence-corrected chi connectivity index (χ4v) is 7.10. The third-order valence-electron chi connectivity index (χ3n) is 8.89. The molecule has 3 atom stereocenters. The van der Waals surface area contributed by atoms with E-state index in [9.17, 15) is 19.2 Å². The monoisotopic (exact) mass is 634 g/mol. The van der Waals surface area contributed by atoms with E-state index in [1.54, 1.807) is 11.0 Å². The molecule has 234 valence electrons. The van der Waals surface area contributed by atoms with E-state index in [1.165, 1.54) is 18.3 Å². The molecule has 9 nitrogen and oxygen atoms in total. The molecule has 4 aromatic rings. The normalized spacial score (nSPS) is 20.4. The second kappa shape index (κ2) is 13.2. The Balaban J connectivity index is 1.06. The molecular weight excluding hydrogens is 598 g/mol. The predicted octanol–water partition coefficient (Wildman–Crippen LogP) is 6.50. The summed E-state index contributed by atoms with van der Waals surface area (Å²) in [5, 5.41) is 8.69. The molecule has 2 aliphatic heterocycles. The Morgan fingerprint density at radius 3 is 2.24 bits per heavy atom. The van der Waals surface area contributed by atoms with Gasteiger partial charge in [-0.3, -0.25) is 14.9 Å². The molecule has 3 aromatic carbocycles. The smallest absolute Gasteiger partial charge is 0.324 e. The number of anilines is 2. The molecule has 1 unspecified atom stereocenters. The summed E-state index contributed by atoms with van der Waals surface area (Å²) >= 11 is 1.52. The molecule has 0 spiro atoms. The molecular formula is C36H36N5O4S+. The van der Waals surface area contributed by atoms with Crippen molar-refractivity contribution in [2.45, 2.75) is 45.2 Å². The zero-order chi connectivity index (χ0) is 32.3. The number of nitrogens with one attached hydrogen (secondary N) is 2. The zero-order valence-electron chi connectivity index (χ0n) is 25.8. The van der Waals surface area contributed by atoms with Crippen LogP contribution in [0.15, 0.2) is 96.4 Å². The summed E-state index contributed by atoms with van der Waals surface area (Å²) in [5.74, 6) is -0.482. The van der Waals surface area contributed by atoms with Gasteiger partial charge >= 0.3 is 11.9 Å². The quantitative estimate of drug-likeness (QED) is 0.178. The molecule has 6 rings (SSSR count). The Bertz CT molecular complexity index is 1790. The standard InChI is InChI=1S/C36H35N5O4S/c1-24-8-7-21-41(24,25(2)42)36(45)38-30-18-14-28(15-19-30)35-39-31(23-46-35)27-12-16-29(17-13-27)37-34(44)32-11-6-20-40(32)33(43)22-26-9-4-3-5-10-26/h3-6,9-19,23-24,32H,7-8,20-22H2,1-2H3,(H-,37,38,39,44,45)/p+1/t24-,32+,41?/m1/s1. The van der Waals surface area contributed by atoms with Crippen LogP contribution in [-0.2, 0) is 20.8 Å². The van der Waals surface area contributed by atoms with Gasteiger partial charge in [-0.25, -0.2) is 14.6 Å². The van der Waals surface area contributed by atoms with Gasteiger partial charge in [0.05, 0.1) is 25.6 Å². The van der Waals surface area contributed by atoms with Gasteiger partial charge in [0, 0.05) is 47.3 Å². The molecule has 0 bridgehead atoms. The van der Waals surface area contributed by atoms with Gasteiger partial charge in [-0.2, -0.15) is 4.48 Å². The van der Waals surface area contributed by atoms with Crippen molar-refractivity contribution < 1.29 is 23.7 Å². The lowest BCUT2D eigenvalue weighted by Gasteiger charge is -2.31. The maximum Gasteiger partial charge on any atom is 0.428 e. The van der Waals surface area contributed by atoms with Crippen molar-refractivity contribution in [2.24, 2.45) is 0 Å². The maximum atomic E-state index is 13.1. The van der Waals surface area contributed by atoms with E-state index < -0.39 is 6.04 Å². The number of carbonyl (C=O) groups is 4. The van der Waals surface area contributed by atoms with E-state index in [4.69, 9.17) is 4.98 Å². The molecule has 3 heterocycles. The number of nitrogens with zero attached hydrogens (tertiary/aromatic N) is 3. The van der Waals surface area contributed by atoms with Gasteiger partial charge in [0.2, 0.25) is 5.91 Å². The fourth-order valence-electron chi connectivity index (χ4n) is 6.27. The number of urea groups is 1. The number of carbonyl (C=O) groups excluding carboxylic acids is 4. The lowest BCUT2D eigenvalue weighted by atomic mass is 10.1. The number of hydrogen-bond acceptors (Lipinski definition) is 6. The molecule has 0 saturated carbocycles. The number of imide groups is 1. The molecule has 0 radical (unpaired) electrons. The Hall–Kier alpha value is -4.93. The first-order valence-electron chi connectivity index (χ1n) is 15.4. The summed E-state index contributed by atoms with van der Waals surface area (Å²) in [5.41, 5.74) is 4.81. The maximum absolute atomic E-state index is 13.1. The van der Waals surface area contributed by atoms with Gasteiger partial charge in [-0.05, 0) is 48.9 Å². The molecule has 2 aliphatic rings. The number of likely N-dealkylation sites (tertiary alicyclic amines) is 1. The van der Waals surface area contributed by atoms with Crippen LogP contribution < -0.4 is 10.6 Å². The highest BCUT2D eigenvalue weighted by atomic mass is 32.1. The van der Waals surface area contributed by atoms with E-state index in [0.29, 0.717) is 24.5 Å². The van der Waals surface area contributed by atoms with Crippen molar-refractivity contribution in [3.05, 3.63) is 102 Å². The van der Waals surface area contributed by atoms with Crippen molar-refractivity contribution in [3.63, 3.8) is 0 Å². The predicted molar refractivity (Wildman–Crippen MR) is 180 cm³/mol. The average Bonchev–Trinajstić information content (AvgIpc) is 3.83. The summed E-state index contributed by atoms with van der Waals surface area (Å²) in [6, 6.07) is 23.5. The van der Waals surface area contributed by atoms with E-state index in [2.05, 4.69) is 10.6 Å². The number of aromatic nitrogens is 1. The van der Waals surface area contributed by atoms with E-state index in [1.807, 2.05) is 97.2 Å². The second-order valence-electron chi connectivity index (χ2n) is 11.8. The minimum atomic E-state index is -0.655. The largest absolute Gasteiger partial charge is 0.428 e. The summed E-state index contributed by atoms with van der Waals surface area (Å²) in [6.07, 6.45) is 5.56. The van der Waals surface area contributed by atoms with E-state index in [-0.39, 0.29) is 40.7 Å². The third-order valence-corrected chi connectivity index (χ3v) is 9.78. The summed E-state index contributed by atoms with van der Waals surface area (Å²) in [7, 11) is 0. The van der Waals surface area contributed by atoms with Crippen molar-refractivity contribution in [3.8, 4) is 21.8 Å². The van der Waals surface area contributed by atoms with E-state index >= 15 is 0 Å². The van der Waals surface area contributed by atoms with Crippen LogP contribution in [0.2, 0.25) is 0 Å². The molecule has 0 aliphatic carbocycles. The van der Waals surface area contributed by atoms with Crippen LogP contribution in [0.25, 0.3) is 21.8 Å². The average molecular weight is 635 g/mol. The van der Waals surface area contributed by atoms with Crippen LogP contribution in [0, 0.1) is 0 Å². The van der Waals surface area contributed by atoms with Crippen LogP contribution in [0.5, 0.6) is 0 Å². The lowest BCUT2D eigenvalue weighted by Crippen LogP contribution is -2.59. The third kappa shape index (κ3) is 6.27. The first-order valence-corrected chi connectivity index (χ1v) is 16.3. The summed E-state index contributed by atoms with van der Waals surface area (Å²) < 4.78 is -0.162. The number of thiazole rings is 1. The minimum Gasteiger partial charge on any atom is -0.324 e. The summed E-state index contributed by atoms with van der Waals surface area (Å²) in [6.45, 7) is 4.39. The van der Waals surface area contributed by atoms with Crippen LogP contribution in [0.1, 0.15) is 32.3 Å². The van der Waals surface area contributed by atoms with Crippen molar-refractivity contribution >= 4 is 46.5 Å². The number of rotatable bonds is 7. The topological polar surface area (TPSA) is 108 Å². The number of amides is 5. The Kier molecular flexibility index (Phi) is 8.92. The molecule has 10 heteroatoms. The Morgan fingerprint density at radius 1 is 0.913 bits per heavy atom. The second-order valence-corrected chi connectivity index (χ2v) is 12.7. The van der Waals surface area contributed by atoms with Crippen LogP contribution >= 0.6 is 11.3 Å². The van der Waals surface area contributed by atoms with Gasteiger partial charge in [-0.15, -0.1) is 11.3 Å². The minimum absolute atomic E-state index is 0.0356. The first kappa shape index (κ1) is 31.1. The number of benzene rings is 3. The van der Waals surface area contributed by atoms with Crippen LogP contribution in [-0.4, -0.2) is 63.3 Å². The zero-order valence-corrected chi connectivity index (χ0v) is 26.6.